The molecule has 1 aromatic carbocycles. The smallest absolute Gasteiger partial charge is 0.238 e. The molecule has 0 N–H and O–H groups in total. The van der Waals surface area contributed by atoms with Crippen LogP contribution in [0.25, 0.3) is 16.9 Å². The summed E-state index contributed by atoms with van der Waals surface area (Å²) in [5.41, 5.74) is 1.80. The molecule has 0 saturated heterocycles. The standard InChI is InChI=1S/C15H13FN4O/c1-2-21-12-7-5-11(6-8-12)13-10-20(19-18-13)14-4-3-9-17-15(14)16/h3-10H,2H2,1H3. The molecule has 0 fully saturated rings. The quantitative estimate of drug-likeness (QED) is 0.691. The summed E-state index contributed by atoms with van der Waals surface area (Å²) in [5, 5.41) is 8.00. The average molecular weight is 284 g/mol. The molecule has 0 aliphatic heterocycles. The fourth-order valence-corrected chi connectivity index (χ4v) is 1.95. The molecule has 0 bridgehead atoms. The summed E-state index contributed by atoms with van der Waals surface area (Å²) < 4.78 is 20.4. The summed E-state index contributed by atoms with van der Waals surface area (Å²) >= 11 is 0. The van der Waals surface area contributed by atoms with Crippen LogP contribution in [0.2, 0.25) is 0 Å². The lowest BCUT2D eigenvalue weighted by Crippen LogP contribution is -1.99. The second kappa shape index (κ2) is 5.70. The van der Waals surface area contributed by atoms with Gasteiger partial charge in [0.25, 0.3) is 0 Å². The Morgan fingerprint density at radius 3 is 2.71 bits per heavy atom. The Bertz CT molecular complexity index is 739. The zero-order chi connectivity index (χ0) is 14.7. The van der Waals surface area contributed by atoms with E-state index in [0.29, 0.717) is 12.3 Å². The summed E-state index contributed by atoms with van der Waals surface area (Å²) in [7, 11) is 0. The third kappa shape index (κ3) is 2.74. The first-order chi connectivity index (χ1) is 10.3. The second-order valence-corrected chi connectivity index (χ2v) is 4.32. The van der Waals surface area contributed by atoms with Crippen molar-refractivity contribution in [2.45, 2.75) is 6.92 Å². The first kappa shape index (κ1) is 13.2. The van der Waals surface area contributed by atoms with Gasteiger partial charge in [0, 0.05) is 11.8 Å². The van der Waals surface area contributed by atoms with Crippen LogP contribution in [0.4, 0.5) is 4.39 Å². The summed E-state index contributed by atoms with van der Waals surface area (Å²) in [5.74, 6) is 0.215. The average Bonchev–Trinajstić information content (AvgIpc) is 2.98. The number of benzene rings is 1. The Labute approximate surface area is 121 Å². The number of aromatic nitrogens is 4. The van der Waals surface area contributed by atoms with Crippen LogP contribution in [0.3, 0.4) is 0 Å². The Hall–Kier alpha value is -2.76. The summed E-state index contributed by atoms with van der Waals surface area (Å²) in [4.78, 5) is 3.60. The lowest BCUT2D eigenvalue weighted by atomic mass is 10.1. The van der Waals surface area contributed by atoms with Gasteiger partial charge in [0.1, 0.15) is 17.1 Å². The van der Waals surface area contributed by atoms with Gasteiger partial charge in [0.05, 0.1) is 12.8 Å². The number of nitrogens with zero attached hydrogens (tertiary/aromatic N) is 4. The van der Waals surface area contributed by atoms with Crippen molar-refractivity contribution in [3.8, 4) is 22.7 Å². The maximum absolute atomic E-state index is 13.6. The topological polar surface area (TPSA) is 52.8 Å². The number of hydrogen-bond donors (Lipinski definition) is 0. The third-order valence-corrected chi connectivity index (χ3v) is 2.94. The molecule has 0 aliphatic rings. The summed E-state index contributed by atoms with van der Waals surface area (Å²) in [6.07, 6.45) is 3.05. The molecule has 5 nitrogen and oxygen atoms in total. The van der Waals surface area contributed by atoms with Crippen molar-refractivity contribution < 1.29 is 9.13 Å². The lowest BCUT2D eigenvalue weighted by Gasteiger charge is -2.02. The molecule has 6 heteroatoms. The second-order valence-electron chi connectivity index (χ2n) is 4.32. The van der Waals surface area contributed by atoms with E-state index in [4.69, 9.17) is 4.74 Å². The molecule has 0 radical (unpaired) electrons. The van der Waals surface area contributed by atoms with Crippen LogP contribution in [-0.2, 0) is 0 Å². The largest absolute Gasteiger partial charge is 0.494 e. The highest BCUT2D eigenvalue weighted by molar-refractivity contribution is 5.59. The van der Waals surface area contributed by atoms with Crippen LogP contribution in [0.5, 0.6) is 5.75 Å². The van der Waals surface area contributed by atoms with Gasteiger partial charge in [-0.2, -0.15) is 4.39 Å². The van der Waals surface area contributed by atoms with Crippen LogP contribution in [0, 0.1) is 5.95 Å². The predicted octanol–water partition coefficient (Wildman–Crippen LogP) is 2.87. The highest BCUT2D eigenvalue weighted by Gasteiger charge is 2.09. The molecular formula is C15H13FN4O. The molecule has 2 aromatic heterocycles. The van der Waals surface area contributed by atoms with Crippen molar-refractivity contribution in [1.82, 2.24) is 20.0 Å². The van der Waals surface area contributed by atoms with E-state index >= 15 is 0 Å². The van der Waals surface area contributed by atoms with Gasteiger partial charge >= 0.3 is 0 Å². The number of pyridine rings is 1. The van der Waals surface area contributed by atoms with Gasteiger partial charge in [-0.25, -0.2) is 9.67 Å². The SMILES string of the molecule is CCOc1ccc(-c2cn(-c3cccnc3F)nn2)cc1. The highest BCUT2D eigenvalue weighted by Crippen LogP contribution is 2.21. The van der Waals surface area contributed by atoms with E-state index in [9.17, 15) is 4.39 Å². The fraction of sp³-hybridized carbons (Fsp3) is 0.133. The normalized spacial score (nSPS) is 10.6. The predicted molar refractivity (Wildman–Crippen MR) is 75.7 cm³/mol. The van der Waals surface area contributed by atoms with Gasteiger partial charge < -0.3 is 4.74 Å². The molecule has 3 rings (SSSR count). The first-order valence-corrected chi connectivity index (χ1v) is 6.54. The molecular weight excluding hydrogens is 271 g/mol. The van der Waals surface area contributed by atoms with Gasteiger partial charge in [-0.05, 0) is 43.3 Å². The summed E-state index contributed by atoms with van der Waals surface area (Å²) in [6, 6.07) is 10.7. The molecule has 0 unspecified atom stereocenters. The van der Waals surface area contributed by atoms with E-state index in [1.165, 1.54) is 10.9 Å². The van der Waals surface area contributed by atoms with E-state index in [0.717, 1.165) is 11.3 Å². The molecule has 0 aliphatic carbocycles. The fourth-order valence-electron chi connectivity index (χ4n) is 1.95. The molecule has 0 saturated carbocycles. The van der Waals surface area contributed by atoms with Crippen LogP contribution in [-0.4, -0.2) is 26.6 Å². The van der Waals surface area contributed by atoms with Crippen molar-refractivity contribution in [3.05, 3.63) is 54.7 Å². The van der Waals surface area contributed by atoms with Crippen LogP contribution in [0.15, 0.2) is 48.8 Å². The molecule has 0 amide bonds. The zero-order valence-electron chi connectivity index (χ0n) is 11.4. The lowest BCUT2D eigenvalue weighted by molar-refractivity contribution is 0.340. The van der Waals surface area contributed by atoms with Crippen LogP contribution >= 0.6 is 0 Å². The minimum atomic E-state index is -0.583. The first-order valence-electron chi connectivity index (χ1n) is 6.54. The summed E-state index contributed by atoms with van der Waals surface area (Å²) in [6.45, 7) is 2.55. The van der Waals surface area contributed by atoms with E-state index in [1.807, 2.05) is 31.2 Å². The number of halogens is 1. The molecule has 2 heterocycles. The highest BCUT2D eigenvalue weighted by atomic mass is 19.1. The third-order valence-electron chi connectivity index (χ3n) is 2.94. The van der Waals surface area contributed by atoms with E-state index in [2.05, 4.69) is 15.3 Å². The minimum absolute atomic E-state index is 0.266. The van der Waals surface area contributed by atoms with Gasteiger partial charge in [-0.15, -0.1) is 5.10 Å². The molecule has 0 atom stereocenters. The van der Waals surface area contributed by atoms with E-state index in [1.54, 1.807) is 18.3 Å². The van der Waals surface area contributed by atoms with E-state index < -0.39 is 5.95 Å². The molecule has 106 valence electrons. The molecule has 21 heavy (non-hydrogen) atoms. The van der Waals surface area contributed by atoms with Crippen molar-refractivity contribution in [2.24, 2.45) is 0 Å². The van der Waals surface area contributed by atoms with Gasteiger partial charge in [-0.1, -0.05) is 5.21 Å². The number of hydrogen-bond acceptors (Lipinski definition) is 4. The van der Waals surface area contributed by atoms with Crippen molar-refractivity contribution in [1.29, 1.82) is 0 Å². The van der Waals surface area contributed by atoms with Crippen LogP contribution in [0.1, 0.15) is 6.92 Å². The number of rotatable bonds is 4. The maximum atomic E-state index is 13.6. The molecule has 0 spiro atoms. The van der Waals surface area contributed by atoms with E-state index in [-0.39, 0.29) is 5.69 Å². The Morgan fingerprint density at radius 1 is 1.19 bits per heavy atom. The Morgan fingerprint density at radius 2 is 2.00 bits per heavy atom. The Balaban J connectivity index is 1.89. The van der Waals surface area contributed by atoms with Gasteiger partial charge in [-0.3, -0.25) is 0 Å². The molecule has 3 aromatic rings. The van der Waals surface area contributed by atoms with Gasteiger partial charge in [0.2, 0.25) is 5.95 Å². The number of ether oxygens (including phenoxy) is 1. The van der Waals surface area contributed by atoms with Gasteiger partial charge in [0.15, 0.2) is 0 Å². The van der Waals surface area contributed by atoms with Crippen molar-refractivity contribution in [3.63, 3.8) is 0 Å². The Kier molecular flexibility index (Phi) is 3.59. The minimum Gasteiger partial charge on any atom is -0.494 e. The van der Waals surface area contributed by atoms with Crippen LogP contribution < -0.4 is 4.74 Å². The monoisotopic (exact) mass is 284 g/mol. The van der Waals surface area contributed by atoms with Crippen molar-refractivity contribution in [2.75, 3.05) is 6.61 Å². The maximum Gasteiger partial charge on any atom is 0.238 e. The van der Waals surface area contributed by atoms with Crippen molar-refractivity contribution >= 4 is 0 Å². The zero-order valence-corrected chi connectivity index (χ0v) is 11.4.